The summed E-state index contributed by atoms with van der Waals surface area (Å²) in [5, 5.41) is 0. The summed E-state index contributed by atoms with van der Waals surface area (Å²) in [4.78, 5) is 0. The average Bonchev–Trinajstić information content (AvgIpc) is 2.41. The first-order valence-corrected chi connectivity index (χ1v) is 6.70. The van der Waals surface area contributed by atoms with E-state index in [-0.39, 0.29) is 6.10 Å². The Kier molecular flexibility index (Phi) is 4.53. The SMILES string of the molecule is CCCC1=CCC(Oc2ccc(C(F)(F)F)cc2)C=C1. The predicted octanol–water partition coefficient (Wildman–Crippen LogP) is 5.14. The molecular formula is C16H17F3O. The highest BCUT2D eigenvalue weighted by Crippen LogP contribution is 2.30. The number of rotatable bonds is 4. The Hall–Kier alpha value is -1.71. The zero-order chi connectivity index (χ0) is 14.6. The standard InChI is InChI=1S/C16H17F3O/c1-2-3-12-4-8-14(9-5-12)20-15-10-6-13(7-11-15)16(17,18)19/h4-8,10-11,14H,2-3,9H2,1H3. The second-order valence-corrected chi connectivity index (χ2v) is 4.80. The van der Waals surface area contributed by atoms with E-state index < -0.39 is 11.7 Å². The summed E-state index contributed by atoms with van der Waals surface area (Å²) in [6, 6.07) is 4.81. The van der Waals surface area contributed by atoms with Crippen molar-refractivity contribution in [3.8, 4) is 5.75 Å². The average molecular weight is 282 g/mol. The van der Waals surface area contributed by atoms with E-state index in [0.29, 0.717) is 5.75 Å². The van der Waals surface area contributed by atoms with Crippen LogP contribution in [0.2, 0.25) is 0 Å². The molecule has 1 unspecified atom stereocenters. The predicted molar refractivity (Wildman–Crippen MR) is 72.6 cm³/mol. The van der Waals surface area contributed by atoms with Crippen LogP contribution >= 0.6 is 0 Å². The highest BCUT2D eigenvalue weighted by Gasteiger charge is 2.30. The van der Waals surface area contributed by atoms with E-state index in [1.807, 2.05) is 12.2 Å². The van der Waals surface area contributed by atoms with Gasteiger partial charge in [0.2, 0.25) is 0 Å². The normalized spacial score (nSPS) is 18.8. The molecule has 108 valence electrons. The van der Waals surface area contributed by atoms with Gasteiger partial charge < -0.3 is 4.74 Å². The third-order valence-corrected chi connectivity index (χ3v) is 3.15. The van der Waals surface area contributed by atoms with Crippen LogP contribution in [0.1, 0.15) is 31.7 Å². The van der Waals surface area contributed by atoms with E-state index in [1.54, 1.807) is 0 Å². The van der Waals surface area contributed by atoms with Crippen molar-refractivity contribution in [3.63, 3.8) is 0 Å². The first-order valence-electron chi connectivity index (χ1n) is 6.70. The third kappa shape index (κ3) is 3.89. The van der Waals surface area contributed by atoms with Crippen LogP contribution in [0, 0.1) is 0 Å². The van der Waals surface area contributed by atoms with E-state index in [0.717, 1.165) is 31.4 Å². The minimum atomic E-state index is -4.30. The van der Waals surface area contributed by atoms with Gasteiger partial charge in [-0.15, -0.1) is 0 Å². The van der Waals surface area contributed by atoms with E-state index in [1.165, 1.54) is 17.7 Å². The van der Waals surface area contributed by atoms with Gasteiger partial charge in [-0.3, -0.25) is 0 Å². The highest BCUT2D eigenvalue weighted by atomic mass is 19.4. The fourth-order valence-electron chi connectivity index (χ4n) is 2.10. The molecule has 1 aliphatic rings. The second kappa shape index (κ2) is 6.16. The van der Waals surface area contributed by atoms with Gasteiger partial charge in [0.1, 0.15) is 11.9 Å². The number of alkyl halides is 3. The fourth-order valence-corrected chi connectivity index (χ4v) is 2.10. The van der Waals surface area contributed by atoms with Crippen molar-refractivity contribution in [2.75, 3.05) is 0 Å². The topological polar surface area (TPSA) is 9.23 Å². The van der Waals surface area contributed by atoms with Crippen molar-refractivity contribution in [2.45, 2.75) is 38.5 Å². The number of hydrogen-bond donors (Lipinski definition) is 0. The van der Waals surface area contributed by atoms with Crippen molar-refractivity contribution < 1.29 is 17.9 Å². The summed E-state index contributed by atoms with van der Waals surface area (Å²) in [6.07, 6.45) is 4.60. The zero-order valence-corrected chi connectivity index (χ0v) is 11.3. The zero-order valence-electron chi connectivity index (χ0n) is 11.3. The lowest BCUT2D eigenvalue weighted by molar-refractivity contribution is -0.137. The lowest BCUT2D eigenvalue weighted by atomic mass is 10.0. The van der Waals surface area contributed by atoms with Crippen LogP contribution < -0.4 is 4.74 Å². The Bertz CT molecular complexity index is 497. The van der Waals surface area contributed by atoms with Crippen LogP contribution in [-0.2, 0) is 6.18 Å². The van der Waals surface area contributed by atoms with E-state index in [2.05, 4.69) is 13.0 Å². The molecule has 0 saturated carbocycles. The molecule has 0 radical (unpaired) electrons. The van der Waals surface area contributed by atoms with Crippen molar-refractivity contribution in [3.05, 3.63) is 53.6 Å². The molecule has 1 aliphatic carbocycles. The largest absolute Gasteiger partial charge is 0.486 e. The maximum Gasteiger partial charge on any atom is 0.416 e. The quantitative estimate of drug-likeness (QED) is 0.743. The smallest absolute Gasteiger partial charge is 0.416 e. The van der Waals surface area contributed by atoms with E-state index in [9.17, 15) is 13.2 Å². The first-order chi connectivity index (χ1) is 9.49. The summed E-state index contributed by atoms with van der Waals surface area (Å²) < 4.78 is 43.0. The molecule has 0 fully saturated rings. The summed E-state index contributed by atoms with van der Waals surface area (Å²) in [7, 11) is 0. The van der Waals surface area contributed by atoms with Crippen LogP contribution in [0.4, 0.5) is 13.2 Å². The molecule has 0 amide bonds. The van der Waals surface area contributed by atoms with Crippen LogP contribution in [0.5, 0.6) is 5.75 Å². The van der Waals surface area contributed by atoms with Crippen molar-refractivity contribution in [2.24, 2.45) is 0 Å². The number of allylic oxidation sites excluding steroid dienone is 2. The molecule has 1 aromatic rings. The lowest BCUT2D eigenvalue weighted by Gasteiger charge is -2.18. The minimum absolute atomic E-state index is 0.104. The molecule has 0 aromatic heterocycles. The van der Waals surface area contributed by atoms with Gasteiger partial charge in [0.15, 0.2) is 0 Å². The molecule has 0 heterocycles. The molecule has 0 N–H and O–H groups in total. The molecule has 1 atom stereocenters. The Labute approximate surface area is 116 Å². The van der Waals surface area contributed by atoms with Crippen LogP contribution in [0.25, 0.3) is 0 Å². The summed E-state index contributed by atoms with van der Waals surface area (Å²) in [6.45, 7) is 2.12. The number of ether oxygens (including phenoxy) is 1. The summed E-state index contributed by atoms with van der Waals surface area (Å²) in [5.41, 5.74) is 0.633. The molecule has 4 heteroatoms. The number of hydrogen-bond acceptors (Lipinski definition) is 1. The van der Waals surface area contributed by atoms with Crippen molar-refractivity contribution in [1.29, 1.82) is 0 Å². The van der Waals surface area contributed by atoms with Crippen LogP contribution in [0.15, 0.2) is 48.1 Å². The third-order valence-electron chi connectivity index (χ3n) is 3.15. The monoisotopic (exact) mass is 282 g/mol. The van der Waals surface area contributed by atoms with E-state index in [4.69, 9.17) is 4.74 Å². The molecule has 0 aliphatic heterocycles. The highest BCUT2D eigenvalue weighted by molar-refractivity contribution is 5.30. The van der Waals surface area contributed by atoms with Gasteiger partial charge in [0, 0.05) is 6.42 Å². The van der Waals surface area contributed by atoms with Gasteiger partial charge in [-0.25, -0.2) is 0 Å². The summed E-state index contributed by atoms with van der Waals surface area (Å²) >= 11 is 0. The summed E-state index contributed by atoms with van der Waals surface area (Å²) in [5.74, 6) is 0.458. The molecule has 0 spiro atoms. The molecule has 20 heavy (non-hydrogen) atoms. The number of benzene rings is 1. The minimum Gasteiger partial charge on any atom is -0.486 e. The molecule has 1 nitrogen and oxygen atoms in total. The Morgan fingerprint density at radius 3 is 2.40 bits per heavy atom. The van der Waals surface area contributed by atoms with Gasteiger partial charge in [-0.2, -0.15) is 13.2 Å². The first kappa shape index (κ1) is 14.7. The van der Waals surface area contributed by atoms with Gasteiger partial charge in [-0.05, 0) is 36.8 Å². The Morgan fingerprint density at radius 1 is 1.20 bits per heavy atom. The Balaban J connectivity index is 1.94. The molecule has 0 saturated heterocycles. The van der Waals surface area contributed by atoms with Crippen LogP contribution in [0.3, 0.4) is 0 Å². The molecule has 2 rings (SSSR count). The molecule has 1 aromatic carbocycles. The fraction of sp³-hybridized carbons (Fsp3) is 0.375. The maximum absolute atomic E-state index is 12.4. The van der Waals surface area contributed by atoms with Gasteiger partial charge in [-0.1, -0.05) is 31.1 Å². The van der Waals surface area contributed by atoms with Crippen molar-refractivity contribution in [1.82, 2.24) is 0 Å². The van der Waals surface area contributed by atoms with Gasteiger partial charge in [0.25, 0.3) is 0 Å². The van der Waals surface area contributed by atoms with E-state index >= 15 is 0 Å². The lowest BCUT2D eigenvalue weighted by Crippen LogP contribution is -2.15. The van der Waals surface area contributed by atoms with Gasteiger partial charge >= 0.3 is 6.18 Å². The second-order valence-electron chi connectivity index (χ2n) is 4.80. The van der Waals surface area contributed by atoms with Gasteiger partial charge in [0.05, 0.1) is 5.56 Å². The number of halogens is 3. The Morgan fingerprint density at radius 2 is 1.90 bits per heavy atom. The molecule has 0 bridgehead atoms. The maximum atomic E-state index is 12.4. The van der Waals surface area contributed by atoms with Crippen molar-refractivity contribution >= 4 is 0 Å². The van der Waals surface area contributed by atoms with Crippen LogP contribution in [-0.4, -0.2) is 6.10 Å². The molecular weight excluding hydrogens is 265 g/mol.